The quantitative estimate of drug-likeness (QED) is 0.770. The molecular weight excluding hydrogens is 332 g/mol. The molecule has 2 amide bonds. The molecule has 2 aromatic carbocycles. The van der Waals surface area contributed by atoms with Gasteiger partial charge >= 0.3 is 12.0 Å². The Morgan fingerprint density at radius 1 is 1.15 bits per heavy atom. The lowest BCUT2D eigenvalue weighted by atomic mass is 9.94. The average molecular weight is 354 g/mol. The summed E-state index contributed by atoms with van der Waals surface area (Å²) in [5.41, 5.74) is 2.21. The Morgan fingerprint density at radius 2 is 1.85 bits per heavy atom. The van der Waals surface area contributed by atoms with E-state index in [0.717, 1.165) is 16.9 Å². The van der Waals surface area contributed by atoms with Crippen molar-refractivity contribution in [3.63, 3.8) is 0 Å². The summed E-state index contributed by atoms with van der Waals surface area (Å²) in [6, 6.07) is 13.9. The Labute approximate surface area is 152 Å². The van der Waals surface area contributed by atoms with Gasteiger partial charge in [0.15, 0.2) is 0 Å². The number of carbonyl (C=O) groups excluding carboxylic acids is 1. The largest absolute Gasteiger partial charge is 0.487 e. The van der Waals surface area contributed by atoms with Crippen LogP contribution in [0.5, 0.6) is 5.75 Å². The monoisotopic (exact) mass is 354 g/mol. The first-order chi connectivity index (χ1) is 12.5. The molecule has 0 saturated heterocycles. The molecule has 0 saturated carbocycles. The summed E-state index contributed by atoms with van der Waals surface area (Å²) >= 11 is 0. The molecule has 3 N–H and O–H groups in total. The lowest BCUT2D eigenvalue weighted by molar-refractivity contribution is 0.0697. The molecule has 26 heavy (non-hydrogen) atoms. The fourth-order valence-electron chi connectivity index (χ4n) is 3.21. The van der Waals surface area contributed by atoms with Gasteiger partial charge in [-0.15, -0.1) is 0 Å². The molecule has 6 heteroatoms. The first kappa shape index (κ1) is 17.8. The number of aromatic carboxylic acids is 1. The van der Waals surface area contributed by atoms with E-state index in [1.54, 1.807) is 12.1 Å². The van der Waals surface area contributed by atoms with Gasteiger partial charge in [0, 0.05) is 18.0 Å². The van der Waals surface area contributed by atoms with E-state index in [2.05, 4.69) is 17.6 Å². The summed E-state index contributed by atoms with van der Waals surface area (Å²) in [4.78, 5) is 23.0. The molecular formula is C20H22N2O4. The summed E-state index contributed by atoms with van der Waals surface area (Å²) in [5, 5.41) is 14.6. The van der Waals surface area contributed by atoms with Gasteiger partial charge in [-0.1, -0.05) is 37.3 Å². The van der Waals surface area contributed by atoms with Crippen LogP contribution in [0.15, 0.2) is 48.5 Å². The number of benzene rings is 2. The smallest absolute Gasteiger partial charge is 0.335 e. The Balaban J connectivity index is 1.51. The Bertz CT molecular complexity index is 804. The molecule has 0 spiro atoms. The lowest BCUT2D eigenvalue weighted by Crippen LogP contribution is -2.48. The van der Waals surface area contributed by atoms with E-state index < -0.39 is 5.97 Å². The molecule has 0 radical (unpaired) electrons. The number of carboxylic acid groups (broad SMARTS) is 1. The average Bonchev–Trinajstić information content (AvgIpc) is 2.97. The third-order valence-corrected chi connectivity index (χ3v) is 4.67. The molecule has 3 atom stereocenters. The maximum absolute atomic E-state index is 12.2. The summed E-state index contributed by atoms with van der Waals surface area (Å²) < 4.78 is 5.98. The molecule has 0 aliphatic carbocycles. The Hall–Kier alpha value is -3.02. The zero-order valence-corrected chi connectivity index (χ0v) is 14.7. The fraction of sp³-hybridized carbons (Fsp3) is 0.300. The van der Waals surface area contributed by atoms with Gasteiger partial charge in [-0.05, 0) is 30.7 Å². The minimum Gasteiger partial charge on any atom is -0.487 e. The highest BCUT2D eigenvalue weighted by atomic mass is 16.5. The van der Waals surface area contributed by atoms with Gasteiger partial charge in [0.05, 0.1) is 11.6 Å². The molecule has 0 fully saturated rings. The van der Waals surface area contributed by atoms with E-state index in [1.807, 2.05) is 31.2 Å². The summed E-state index contributed by atoms with van der Waals surface area (Å²) in [6.45, 7) is 4.34. The van der Waals surface area contributed by atoms with Crippen molar-refractivity contribution in [3.05, 3.63) is 65.2 Å². The van der Waals surface area contributed by atoms with Crippen molar-refractivity contribution in [2.24, 2.45) is 0 Å². The van der Waals surface area contributed by atoms with Gasteiger partial charge in [-0.3, -0.25) is 0 Å². The second-order valence-electron chi connectivity index (χ2n) is 6.53. The van der Waals surface area contributed by atoms with E-state index in [-0.39, 0.29) is 29.7 Å². The van der Waals surface area contributed by atoms with Crippen molar-refractivity contribution >= 4 is 12.0 Å². The predicted octanol–water partition coefficient (Wildman–Crippen LogP) is 3.14. The highest BCUT2D eigenvalue weighted by Gasteiger charge is 2.35. The van der Waals surface area contributed by atoms with Crippen molar-refractivity contribution in [2.75, 3.05) is 0 Å². The molecule has 3 unspecified atom stereocenters. The number of para-hydroxylation sites is 1. The van der Waals surface area contributed by atoms with Crippen LogP contribution >= 0.6 is 0 Å². The normalized spacial score (nSPS) is 19.2. The lowest BCUT2D eigenvalue weighted by Gasteiger charge is -2.24. The molecule has 1 aliphatic heterocycles. The van der Waals surface area contributed by atoms with E-state index >= 15 is 0 Å². The highest BCUT2D eigenvalue weighted by molar-refractivity contribution is 5.87. The van der Waals surface area contributed by atoms with Gasteiger partial charge in [-0.2, -0.15) is 0 Å². The molecule has 3 rings (SSSR count). The highest BCUT2D eigenvalue weighted by Crippen LogP contribution is 2.38. The molecule has 0 aromatic heterocycles. The molecule has 1 heterocycles. The van der Waals surface area contributed by atoms with Crippen LogP contribution in [0, 0.1) is 0 Å². The first-order valence-corrected chi connectivity index (χ1v) is 8.58. The number of hydrogen-bond acceptors (Lipinski definition) is 3. The first-order valence-electron chi connectivity index (χ1n) is 8.58. The number of rotatable bonds is 5. The van der Waals surface area contributed by atoms with Crippen LogP contribution in [-0.4, -0.2) is 29.3 Å². The molecule has 2 aromatic rings. The number of urea groups is 1. The van der Waals surface area contributed by atoms with Gasteiger partial charge in [-0.25, -0.2) is 9.59 Å². The van der Waals surface area contributed by atoms with Crippen LogP contribution in [0.1, 0.15) is 41.3 Å². The number of hydrogen-bond donors (Lipinski definition) is 3. The fourth-order valence-corrected chi connectivity index (χ4v) is 3.21. The zero-order chi connectivity index (χ0) is 18.7. The minimum atomic E-state index is -0.970. The Morgan fingerprint density at radius 3 is 2.50 bits per heavy atom. The standard InChI is InChI=1S/C20H22N2O4/c1-12-16-5-3-4-6-17(16)26-18(12)13(2)22-20(25)21-11-14-7-9-15(10-8-14)19(23)24/h3-10,12-13,18H,11H2,1-2H3,(H,23,24)(H2,21,22,25). The summed E-state index contributed by atoms with van der Waals surface area (Å²) in [5.74, 6) is 0.102. The van der Waals surface area contributed by atoms with Crippen LogP contribution in [0.4, 0.5) is 4.79 Å². The maximum Gasteiger partial charge on any atom is 0.335 e. The van der Waals surface area contributed by atoms with Crippen LogP contribution in [0.2, 0.25) is 0 Å². The van der Waals surface area contributed by atoms with Gasteiger partial charge in [0.1, 0.15) is 11.9 Å². The SMILES string of the molecule is CC(NC(=O)NCc1ccc(C(=O)O)cc1)C1Oc2ccccc2C1C. The second kappa shape index (κ2) is 7.47. The number of carbonyl (C=O) groups is 2. The van der Waals surface area contributed by atoms with Crippen LogP contribution in [-0.2, 0) is 6.54 Å². The molecule has 136 valence electrons. The number of nitrogens with one attached hydrogen (secondary N) is 2. The van der Waals surface area contributed by atoms with Gasteiger partial charge < -0.3 is 20.5 Å². The predicted molar refractivity (Wildman–Crippen MR) is 97.5 cm³/mol. The van der Waals surface area contributed by atoms with Crippen molar-refractivity contribution in [1.82, 2.24) is 10.6 Å². The van der Waals surface area contributed by atoms with E-state index in [1.165, 1.54) is 12.1 Å². The third-order valence-electron chi connectivity index (χ3n) is 4.67. The number of fused-ring (bicyclic) bond motifs is 1. The molecule has 6 nitrogen and oxygen atoms in total. The summed E-state index contributed by atoms with van der Waals surface area (Å²) in [6.07, 6.45) is -0.118. The van der Waals surface area contributed by atoms with Crippen LogP contribution in [0.25, 0.3) is 0 Å². The van der Waals surface area contributed by atoms with Crippen LogP contribution in [0.3, 0.4) is 0 Å². The number of carboxylic acids is 1. The van der Waals surface area contributed by atoms with Crippen molar-refractivity contribution < 1.29 is 19.4 Å². The number of amides is 2. The van der Waals surface area contributed by atoms with Crippen molar-refractivity contribution in [3.8, 4) is 5.75 Å². The maximum atomic E-state index is 12.2. The topological polar surface area (TPSA) is 87.7 Å². The summed E-state index contributed by atoms with van der Waals surface area (Å²) in [7, 11) is 0. The van der Waals surface area contributed by atoms with Crippen molar-refractivity contribution in [2.45, 2.75) is 38.5 Å². The van der Waals surface area contributed by atoms with E-state index in [0.29, 0.717) is 6.54 Å². The second-order valence-corrected chi connectivity index (χ2v) is 6.53. The number of ether oxygens (including phenoxy) is 1. The van der Waals surface area contributed by atoms with Gasteiger partial charge in [0.2, 0.25) is 0 Å². The van der Waals surface area contributed by atoms with Crippen molar-refractivity contribution in [1.29, 1.82) is 0 Å². The molecule has 0 bridgehead atoms. The van der Waals surface area contributed by atoms with Gasteiger partial charge in [0.25, 0.3) is 0 Å². The minimum absolute atomic E-state index is 0.118. The van der Waals surface area contributed by atoms with E-state index in [4.69, 9.17) is 9.84 Å². The zero-order valence-electron chi connectivity index (χ0n) is 14.7. The van der Waals surface area contributed by atoms with Crippen LogP contribution < -0.4 is 15.4 Å². The van der Waals surface area contributed by atoms with E-state index in [9.17, 15) is 9.59 Å². The third kappa shape index (κ3) is 3.79. The Kier molecular flexibility index (Phi) is 5.11. The molecule has 1 aliphatic rings.